The van der Waals surface area contributed by atoms with Gasteiger partial charge >= 0.3 is 0 Å². The van der Waals surface area contributed by atoms with E-state index in [0.29, 0.717) is 0 Å². The lowest BCUT2D eigenvalue weighted by Crippen LogP contribution is -2.51. The third kappa shape index (κ3) is 14.1. The van der Waals surface area contributed by atoms with E-state index in [4.69, 9.17) is 5.73 Å². The molecule has 0 aromatic carbocycles. The lowest BCUT2D eigenvalue weighted by Gasteiger charge is -2.33. The topological polar surface area (TPSA) is 44.5 Å². The van der Waals surface area contributed by atoms with Crippen LogP contribution < -0.4 is 11.1 Å². The molecule has 0 aliphatic heterocycles. The van der Waals surface area contributed by atoms with Gasteiger partial charge < -0.3 is 20.9 Å². The molecule has 0 aliphatic carbocycles. The third-order valence-electron chi connectivity index (χ3n) is 3.00. The van der Waals surface area contributed by atoms with E-state index in [-0.39, 0.29) is 5.54 Å². The molecule has 0 spiro atoms. The molecule has 0 aromatic heterocycles. The highest BCUT2D eigenvalue weighted by molar-refractivity contribution is 4.84. The van der Waals surface area contributed by atoms with E-state index in [0.717, 1.165) is 39.1 Å². The zero-order valence-electron chi connectivity index (χ0n) is 14.4. The molecule has 0 bridgehead atoms. The van der Waals surface area contributed by atoms with E-state index in [1.807, 2.05) is 0 Å². The number of nitrogens with one attached hydrogen (secondary N) is 1. The molecule has 0 heterocycles. The smallest absolute Gasteiger partial charge is 0.0278 e. The Balaban J connectivity index is 0. The average molecular weight is 274 g/mol. The molecule has 1 atom stereocenters. The van der Waals surface area contributed by atoms with Crippen molar-refractivity contribution in [3.05, 3.63) is 0 Å². The standard InChI is InChI=1S/C12H30N4.C3H8/c1-6-12(2,11-15(3)4)14-8-10-16(5)9-7-13;1-3-2/h14H,6-11,13H2,1-5H3;3H2,1-2H3. The molecule has 3 N–H and O–H groups in total. The van der Waals surface area contributed by atoms with Crippen LogP contribution in [0.3, 0.4) is 0 Å². The molecule has 0 saturated carbocycles. The van der Waals surface area contributed by atoms with E-state index < -0.39 is 0 Å². The quantitative estimate of drug-likeness (QED) is 0.670. The molecular formula is C15H38N4. The molecule has 0 amide bonds. The Labute approximate surface area is 121 Å². The maximum absolute atomic E-state index is 5.51. The van der Waals surface area contributed by atoms with Crippen LogP contribution in [-0.4, -0.2) is 69.2 Å². The molecule has 0 saturated heterocycles. The molecular weight excluding hydrogens is 236 g/mol. The molecule has 0 fully saturated rings. The Kier molecular flexibility index (Phi) is 14.3. The van der Waals surface area contributed by atoms with E-state index in [2.05, 4.69) is 64.0 Å². The van der Waals surface area contributed by atoms with E-state index >= 15 is 0 Å². The van der Waals surface area contributed by atoms with Crippen LogP contribution in [0.2, 0.25) is 0 Å². The Morgan fingerprint density at radius 3 is 1.95 bits per heavy atom. The van der Waals surface area contributed by atoms with Gasteiger partial charge in [0, 0.05) is 38.3 Å². The van der Waals surface area contributed by atoms with Gasteiger partial charge in [0.15, 0.2) is 0 Å². The van der Waals surface area contributed by atoms with Crippen LogP contribution in [0.1, 0.15) is 40.5 Å². The third-order valence-corrected chi connectivity index (χ3v) is 3.00. The summed E-state index contributed by atoms with van der Waals surface area (Å²) in [6, 6.07) is 0. The summed E-state index contributed by atoms with van der Waals surface area (Å²) in [6.45, 7) is 13.6. The van der Waals surface area contributed by atoms with Crippen LogP contribution in [0.4, 0.5) is 0 Å². The summed E-state index contributed by atoms with van der Waals surface area (Å²) in [5.41, 5.74) is 5.73. The zero-order valence-corrected chi connectivity index (χ0v) is 14.4. The summed E-state index contributed by atoms with van der Waals surface area (Å²) in [5, 5.41) is 3.64. The van der Waals surface area contributed by atoms with E-state index in [1.165, 1.54) is 6.42 Å². The molecule has 118 valence electrons. The van der Waals surface area contributed by atoms with Gasteiger partial charge in [-0.2, -0.15) is 0 Å². The fourth-order valence-corrected chi connectivity index (χ4v) is 1.87. The van der Waals surface area contributed by atoms with Crippen molar-refractivity contribution in [2.45, 2.75) is 46.1 Å². The molecule has 1 unspecified atom stereocenters. The van der Waals surface area contributed by atoms with Gasteiger partial charge in [-0.05, 0) is 34.5 Å². The lowest BCUT2D eigenvalue weighted by molar-refractivity contribution is 0.230. The van der Waals surface area contributed by atoms with Gasteiger partial charge in [0.1, 0.15) is 0 Å². The second-order valence-electron chi connectivity index (χ2n) is 5.88. The minimum absolute atomic E-state index is 0.215. The summed E-state index contributed by atoms with van der Waals surface area (Å²) in [4.78, 5) is 4.50. The SMILES string of the molecule is CCC.CCC(C)(CN(C)C)NCCN(C)CCN. The first-order valence-electron chi connectivity index (χ1n) is 7.63. The summed E-state index contributed by atoms with van der Waals surface area (Å²) in [5.74, 6) is 0. The van der Waals surface area contributed by atoms with Gasteiger partial charge in [0.2, 0.25) is 0 Å². The van der Waals surface area contributed by atoms with Crippen LogP contribution in [0.15, 0.2) is 0 Å². The highest BCUT2D eigenvalue weighted by Gasteiger charge is 2.21. The van der Waals surface area contributed by atoms with Crippen LogP contribution in [0.25, 0.3) is 0 Å². The Hall–Kier alpha value is -0.160. The predicted molar refractivity (Wildman–Crippen MR) is 87.8 cm³/mol. The molecule has 0 aromatic rings. The molecule has 19 heavy (non-hydrogen) atoms. The van der Waals surface area contributed by atoms with Crippen LogP contribution in [-0.2, 0) is 0 Å². The normalized spacial score (nSPS) is 14.2. The Morgan fingerprint density at radius 1 is 1.05 bits per heavy atom. The monoisotopic (exact) mass is 274 g/mol. The molecule has 4 nitrogen and oxygen atoms in total. The average Bonchev–Trinajstić information content (AvgIpc) is 2.29. The summed E-state index contributed by atoms with van der Waals surface area (Å²) >= 11 is 0. The summed E-state index contributed by atoms with van der Waals surface area (Å²) in [6.07, 6.45) is 2.39. The van der Waals surface area contributed by atoms with Crippen molar-refractivity contribution in [1.82, 2.24) is 15.1 Å². The number of hydrogen-bond donors (Lipinski definition) is 2. The first kappa shape index (κ1) is 21.1. The minimum atomic E-state index is 0.215. The van der Waals surface area contributed by atoms with Gasteiger partial charge in [0.25, 0.3) is 0 Å². The van der Waals surface area contributed by atoms with Crippen molar-refractivity contribution in [3.63, 3.8) is 0 Å². The van der Waals surface area contributed by atoms with Crippen LogP contribution in [0.5, 0.6) is 0 Å². The first-order chi connectivity index (χ1) is 8.85. The highest BCUT2D eigenvalue weighted by Crippen LogP contribution is 2.09. The second kappa shape index (κ2) is 12.9. The summed E-state index contributed by atoms with van der Waals surface area (Å²) in [7, 11) is 6.36. The molecule has 0 rings (SSSR count). The second-order valence-corrected chi connectivity index (χ2v) is 5.88. The van der Waals surface area contributed by atoms with Gasteiger partial charge in [-0.25, -0.2) is 0 Å². The lowest BCUT2D eigenvalue weighted by atomic mass is 9.98. The van der Waals surface area contributed by atoms with Crippen molar-refractivity contribution in [3.8, 4) is 0 Å². The molecule has 0 aliphatic rings. The van der Waals surface area contributed by atoms with Gasteiger partial charge in [-0.15, -0.1) is 0 Å². The number of nitrogens with zero attached hydrogens (tertiary/aromatic N) is 2. The van der Waals surface area contributed by atoms with Crippen molar-refractivity contribution in [2.24, 2.45) is 5.73 Å². The van der Waals surface area contributed by atoms with Gasteiger partial charge in [0.05, 0.1) is 0 Å². The number of nitrogens with two attached hydrogens (primary N) is 1. The van der Waals surface area contributed by atoms with Crippen LogP contribution >= 0.6 is 0 Å². The maximum atomic E-state index is 5.51. The Morgan fingerprint density at radius 2 is 1.58 bits per heavy atom. The van der Waals surface area contributed by atoms with Gasteiger partial charge in [-0.3, -0.25) is 0 Å². The van der Waals surface area contributed by atoms with Crippen molar-refractivity contribution in [2.75, 3.05) is 53.9 Å². The van der Waals surface area contributed by atoms with Crippen molar-refractivity contribution >= 4 is 0 Å². The highest BCUT2D eigenvalue weighted by atomic mass is 15.2. The van der Waals surface area contributed by atoms with E-state index in [9.17, 15) is 0 Å². The predicted octanol–water partition coefficient (Wildman–Crippen LogP) is 1.61. The number of rotatable bonds is 9. The molecule has 0 radical (unpaired) electrons. The fraction of sp³-hybridized carbons (Fsp3) is 1.00. The maximum Gasteiger partial charge on any atom is 0.0278 e. The number of likely N-dealkylation sites (N-methyl/N-ethyl adjacent to an activating group) is 2. The van der Waals surface area contributed by atoms with E-state index in [1.54, 1.807) is 0 Å². The Bertz CT molecular complexity index is 185. The van der Waals surface area contributed by atoms with Gasteiger partial charge in [-0.1, -0.05) is 27.2 Å². The first-order valence-corrected chi connectivity index (χ1v) is 7.63. The molecule has 4 heteroatoms. The summed E-state index contributed by atoms with van der Waals surface area (Å²) < 4.78 is 0. The largest absolute Gasteiger partial charge is 0.329 e. The minimum Gasteiger partial charge on any atom is -0.329 e. The van der Waals surface area contributed by atoms with Crippen molar-refractivity contribution in [1.29, 1.82) is 0 Å². The van der Waals surface area contributed by atoms with Crippen molar-refractivity contribution < 1.29 is 0 Å². The number of hydrogen-bond acceptors (Lipinski definition) is 4. The zero-order chi connectivity index (χ0) is 15.3. The fourth-order valence-electron chi connectivity index (χ4n) is 1.87. The van der Waals surface area contributed by atoms with Crippen LogP contribution in [0, 0.1) is 0 Å².